The summed E-state index contributed by atoms with van der Waals surface area (Å²) in [5, 5.41) is 30.7. The number of thioether (sulfide) groups is 2. The van der Waals surface area contributed by atoms with Crippen molar-refractivity contribution in [2.24, 2.45) is 0 Å². The van der Waals surface area contributed by atoms with Gasteiger partial charge in [-0.15, -0.1) is 23.5 Å². The van der Waals surface area contributed by atoms with E-state index in [4.69, 9.17) is 75.8 Å². The number of hydrogen-bond donors (Lipinski definition) is 3. The maximum absolute atomic E-state index is 15.3. The summed E-state index contributed by atoms with van der Waals surface area (Å²) in [6.45, 7) is 12.5. The first-order chi connectivity index (χ1) is 66.6. The number of rotatable bonds is 18. The minimum absolute atomic E-state index is 0.0479. The molecule has 0 aliphatic carbocycles. The van der Waals surface area contributed by atoms with Gasteiger partial charge in [-0.3, -0.25) is 39.8 Å². The molecular weight excluding hydrogens is 1780 g/mol. The van der Waals surface area contributed by atoms with Crippen LogP contribution in [0.2, 0.25) is 0 Å². The molecule has 137 heavy (non-hydrogen) atoms. The van der Waals surface area contributed by atoms with E-state index in [0.717, 1.165) is 89.0 Å². The average Bonchev–Trinajstić information content (AvgIpc) is 1.62. The second kappa shape index (κ2) is 36.8. The predicted molar refractivity (Wildman–Crippen MR) is 509 cm³/mol. The number of piperazine rings is 2. The van der Waals surface area contributed by atoms with Gasteiger partial charge in [0.25, 0.3) is 0 Å². The molecule has 14 heterocycles. The topological polar surface area (TPSA) is 297 Å². The first-order valence-corrected chi connectivity index (χ1v) is 48.6. The molecule has 0 saturated carbocycles. The number of esters is 4. The summed E-state index contributed by atoms with van der Waals surface area (Å²) in [4.78, 5) is 66.0. The van der Waals surface area contributed by atoms with Gasteiger partial charge in [-0.1, -0.05) is 133 Å². The van der Waals surface area contributed by atoms with Gasteiger partial charge in [0.1, 0.15) is 63.4 Å². The summed E-state index contributed by atoms with van der Waals surface area (Å²) in [6, 6.07) is 50.3. The Labute approximate surface area is 803 Å². The van der Waals surface area contributed by atoms with Crippen LogP contribution in [-0.4, -0.2) is 179 Å². The lowest BCUT2D eigenvalue weighted by Crippen LogP contribution is -2.70. The van der Waals surface area contributed by atoms with Crippen molar-refractivity contribution in [2.45, 2.75) is 176 Å². The molecule has 10 aromatic rings. The molecule has 14 atom stereocenters. The summed E-state index contributed by atoms with van der Waals surface area (Å²) in [6.07, 6.45) is 1.31. The van der Waals surface area contributed by atoms with Crippen LogP contribution in [0.3, 0.4) is 0 Å². The van der Waals surface area contributed by atoms with E-state index in [9.17, 15) is 20.0 Å². The van der Waals surface area contributed by atoms with E-state index < -0.39 is 94.0 Å². The number of nitrogens with one attached hydrogen (secondary N) is 2. The lowest BCUT2D eigenvalue weighted by molar-refractivity contribution is -0.186. The third-order valence-corrected chi connectivity index (χ3v) is 32.5. The van der Waals surface area contributed by atoms with Crippen LogP contribution in [-0.2, 0) is 91.8 Å². The summed E-state index contributed by atoms with van der Waals surface area (Å²) >= 11 is 3.13. The Bertz CT molecular complexity index is 6490. The molecule has 24 rings (SSSR count). The van der Waals surface area contributed by atoms with Crippen molar-refractivity contribution >= 4 is 47.4 Å². The molecule has 710 valence electrons. The van der Waals surface area contributed by atoms with Crippen LogP contribution in [0.15, 0.2) is 158 Å². The Kier molecular flexibility index (Phi) is 24.5. The number of benzene rings is 10. The summed E-state index contributed by atoms with van der Waals surface area (Å²) < 4.78 is 102. The molecule has 2 spiro atoms. The van der Waals surface area contributed by atoms with E-state index in [1.165, 1.54) is 13.8 Å². The zero-order valence-corrected chi connectivity index (χ0v) is 80.1. The zero-order valence-electron chi connectivity index (χ0n) is 78.4. The monoisotopic (exact) mass is 1890 g/mol. The normalized spacial score (nSPS) is 25.4. The second-order valence-electron chi connectivity index (χ2n) is 37.0. The quantitative estimate of drug-likeness (QED) is 0.0531. The number of ether oxygens (including phenoxy) is 16. The zero-order chi connectivity index (χ0) is 94.7. The van der Waals surface area contributed by atoms with Crippen LogP contribution >= 0.6 is 23.5 Å². The van der Waals surface area contributed by atoms with Gasteiger partial charge >= 0.3 is 23.9 Å². The molecule has 30 heteroatoms. The number of aryl methyl sites for hydroxylation is 2. The van der Waals surface area contributed by atoms with Gasteiger partial charge in [-0.2, -0.15) is 5.26 Å². The fourth-order valence-corrected chi connectivity index (χ4v) is 26.9. The first-order valence-electron chi connectivity index (χ1n) is 46.5. The van der Waals surface area contributed by atoms with Crippen molar-refractivity contribution in [1.29, 1.82) is 5.26 Å². The van der Waals surface area contributed by atoms with Crippen molar-refractivity contribution < 1.29 is 100 Å². The maximum atomic E-state index is 15.3. The third kappa shape index (κ3) is 15.3. The molecule has 0 radical (unpaired) electrons. The highest BCUT2D eigenvalue weighted by Crippen LogP contribution is 2.68. The van der Waals surface area contributed by atoms with Crippen molar-refractivity contribution in [3.05, 3.63) is 269 Å². The number of carbonyl (C=O) groups excluding carboxylic acids is 4. The van der Waals surface area contributed by atoms with Gasteiger partial charge in [0, 0.05) is 101 Å². The number of fused-ring (bicyclic) bond motifs is 18. The first kappa shape index (κ1) is 91.0. The molecule has 2 unspecified atom stereocenters. The predicted octanol–water partition coefficient (Wildman–Crippen LogP) is 14.9. The third-order valence-electron chi connectivity index (χ3n) is 29.6. The SMILES string of the molecule is COc1cc2c(cc1OCc1ccccc1)CCN[C@]21CS[C@@H]2c3c(OC(C)=O)c(C)c4c(c3[C@H](COC1=O)N1C2[C@H]2c3c(cc(C)c(OC)c3OCc3ccccc3)C[C@@H]([C@@H]1C#N)N2C)OCO4.COc1cc2c(cc1OCc1ccccc1)CCN[C@]21CS[C@@H]2c3c(OC(C)=O)c(C)c4c(c3[C@H](COC1=O)N1C2[C@H]2c3c(cc(C)c(OC)c3OCc3ccccc3)C[C@@H]([C@@H]1O)N2C)OCO4. The smallest absolute Gasteiger partial charge is 0.331 e. The number of aliphatic hydroxyl groups is 1. The van der Waals surface area contributed by atoms with E-state index >= 15 is 9.59 Å². The van der Waals surface area contributed by atoms with Crippen molar-refractivity contribution in [3.63, 3.8) is 0 Å². The minimum atomic E-state index is -1.34. The van der Waals surface area contributed by atoms with Crippen molar-refractivity contribution in [2.75, 3.05) is 93.9 Å². The van der Waals surface area contributed by atoms with Gasteiger partial charge in [0.2, 0.25) is 13.6 Å². The van der Waals surface area contributed by atoms with E-state index in [-0.39, 0.29) is 50.4 Å². The number of likely N-dealkylation sites (N-methyl/N-ethyl adjacent to an activating group) is 2. The van der Waals surface area contributed by atoms with E-state index in [1.807, 2.05) is 173 Å². The Hall–Kier alpha value is -12.4. The van der Waals surface area contributed by atoms with Crippen LogP contribution in [0.4, 0.5) is 0 Å². The Morgan fingerprint density at radius 1 is 0.460 bits per heavy atom. The van der Waals surface area contributed by atoms with Gasteiger partial charge in [0.05, 0.1) is 75.2 Å². The molecule has 14 aliphatic rings. The van der Waals surface area contributed by atoms with Crippen LogP contribution in [0.25, 0.3) is 0 Å². The summed E-state index contributed by atoms with van der Waals surface area (Å²) in [5.41, 5.74) is 14.7. The number of aliphatic hydroxyl groups excluding tert-OH is 1. The maximum Gasteiger partial charge on any atom is 0.331 e. The number of nitriles is 1. The lowest BCUT2D eigenvalue weighted by atomic mass is 9.71. The minimum Gasteiger partial charge on any atom is -0.493 e. The van der Waals surface area contributed by atoms with Gasteiger partial charge in [-0.05, 0) is 159 Å². The molecule has 0 amide bonds. The van der Waals surface area contributed by atoms with E-state index in [2.05, 4.69) is 62.5 Å². The molecule has 28 nitrogen and oxygen atoms in total. The Balaban J connectivity index is 0.000000164. The molecular formula is C107H109N7O21S2. The van der Waals surface area contributed by atoms with Crippen LogP contribution in [0, 0.1) is 39.0 Å². The molecule has 4 saturated heterocycles. The van der Waals surface area contributed by atoms with Gasteiger partial charge < -0.3 is 80.9 Å². The van der Waals surface area contributed by atoms with Crippen molar-refractivity contribution in [3.8, 4) is 86.6 Å². The highest BCUT2D eigenvalue weighted by molar-refractivity contribution is 7.99. The number of methoxy groups -OCH3 is 4. The summed E-state index contributed by atoms with van der Waals surface area (Å²) in [7, 11) is 10.7. The molecule has 3 N–H and O–H groups in total. The number of carbonyl (C=O) groups is 4. The number of hydrogen-bond acceptors (Lipinski definition) is 30. The van der Waals surface area contributed by atoms with Crippen LogP contribution in [0.5, 0.6) is 80.5 Å². The van der Waals surface area contributed by atoms with Crippen LogP contribution < -0.4 is 76.9 Å². The molecule has 8 bridgehead atoms. The fraction of sp³-hybridized carbons (Fsp3) is 0.393. The molecule has 4 fully saturated rings. The van der Waals surface area contributed by atoms with Gasteiger partial charge in [-0.25, -0.2) is 9.59 Å². The Morgan fingerprint density at radius 2 is 0.847 bits per heavy atom. The molecule has 14 aliphatic heterocycles. The highest BCUT2D eigenvalue weighted by Gasteiger charge is 2.65. The van der Waals surface area contributed by atoms with E-state index in [1.54, 1.807) is 52.0 Å². The summed E-state index contributed by atoms with van der Waals surface area (Å²) in [5.74, 6) is 5.84. The molecule has 0 aromatic heterocycles. The standard InChI is InChI=1S/C54H54N4O10S.C53H55N3O11S/c1-29-19-35-20-37-38(23-55)58-39-26-65-53(60)54(36-22-40(61-5)41(21-34(36)17-18-56-54)63-24-32-13-9-7-10-14-32)27-69-52(44-43(39)51-49(66-28-67-51)30(2)48(44)68-31(3)59)46(58)45(57(37)4)42(35)50(47(29)62-6)64-25-33-15-11-8-12-16-33;1-28-19-34-20-36-51(58)56-37-25-64-52(59)53(35-22-38(60-5)39(21-33(35)17-18-54-53)62-23-31-13-9-7-10-14-31)26-68-50(42-41(37)49-47(65-27-66-49)29(2)46(42)67-30(3)57)44(56)43(55(36)4)40(34)48(45(28)61-6)63-24-32-15-11-8-12-16-32/h7-16,19,21-22,37-39,45-46,52,56H,17-18,20,24-28H2,1-6H3;7-16,19,21-22,36-37,43-44,50-51,54,58H,17-18,20,23-27H2,1-6H3/t37-,38-,39-,45+,46?,52+,54+;36-,37-,43+,44?,50+,51-,53+/m00/s1. The lowest BCUT2D eigenvalue weighted by Gasteiger charge is -2.62. The fourth-order valence-electron chi connectivity index (χ4n) is 23.5. The average molecular weight is 1890 g/mol. The van der Waals surface area contributed by atoms with Gasteiger partial charge in [0.15, 0.2) is 80.1 Å². The van der Waals surface area contributed by atoms with Crippen molar-refractivity contribution in [1.82, 2.24) is 30.2 Å². The largest absolute Gasteiger partial charge is 0.493 e. The second-order valence-corrected chi connectivity index (χ2v) is 39.3. The highest BCUT2D eigenvalue weighted by atomic mass is 32.2. The number of nitrogens with zero attached hydrogens (tertiary/aromatic N) is 5. The van der Waals surface area contributed by atoms with E-state index in [0.29, 0.717) is 168 Å². The van der Waals surface area contributed by atoms with Crippen LogP contribution in [0.1, 0.15) is 160 Å². The Morgan fingerprint density at radius 3 is 1.25 bits per heavy atom. The molecule has 10 aromatic carbocycles.